The fraction of sp³-hybridized carbons (Fsp3) is 0.222. The topological polar surface area (TPSA) is 37.3 Å². The largest absolute Gasteiger partial charge is 1.00 e. The molecule has 3 heteroatoms. The van der Waals surface area contributed by atoms with Crippen LogP contribution in [0.4, 0.5) is 0 Å². The van der Waals surface area contributed by atoms with Gasteiger partial charge in [-0.05, 0) is 6.42 Å². The average molecular weight is 172 g/mol. The number of aliphatic carboxylic acids is 1. The summed E-state index contributed by atoms with van der Waals surface area (Å²) in [5, 5.41) is 8.36. The molecule has 1 aromatic carbocycles. The Hall–Kier alpha value is -0.310. The van der Waals surface area contributed by atoms with Crippen molar-refractivity contribution in [2.75, 3.05) is 0 Å². The number of rotatable bonds is 3. The fourth-order valence-corrected chi connectivity index (χ4v) is 0.828. The molecule has 1 rings (SSSR count). The monoisotopic (exact) mass is 172 g/mol. The molecule has 0 fully saturated rings. The number of carboxylic acids is 1. The summed E-state index contributed by atoms with van der Waals surface area (Å²) in [4.78, 5) is 10.2. The second-order valence-corrected chi connectivity index (χ2v) is 2.28. The first-order valence-electron chi connectivity index (χ1n) is 3.46. The summed E-state index contributed by atoms with van der Waals surface area (Å²) in [5.41, 5.74) is 0.954. The molecule has 0 saturated carbocycles. The predicted molar refractivity (Wildman–Crippen MR) is 41.2 cm³/mol. The van der Waals surface area contributed by atoms with Gasteiger partial charge in [0.2, 0.25) is 0 Å². The Kier molecular flexibility index (Phi) is 6.07. The van der Waals surface area contributed by atoms with Crippen molar-refractivity contribution in [2.24, 2.45) is 0 Å². The number of hydrogen-bond acceptors (Lipinski definition) is 1. The van der Waals surface area contributed by atoms with Gasteiger partial charge in [-0.1, -0.05) is 0 Å². The smallest absolute Gasteiger partial charge is 0.481 e. The Morgan fingerprint density at radius 1 is 1.50 bits per heavy atom. The minimum absolute atomic E-state index is 0. The zero-order chi connectivity index (χ0) is 8.10. The summed E-state index contributed by atoms with van der Waals surface area (Å²) in [7, 11) is 0. The molecule has 0 bridgehead atoms. The standard InChI is InChI=1S/C9H9O2.Na/c10-9(11)7-6-8-4-2-1-3-5-8;/h1-4H,6-7H2,(H,10,11);/q-1;+1. The van der Waals surface area contributed by atoms with Gasteiger partial charge in [0.1, 0.15) is 0 Å². The third kappa shape index (κ3) is 4.54. The molecule has 0 atom stereocenters. The van der Waals surface area contributed by atoms with E-state index in [1.165, 1.54) is 0 Å². The summed E-state index contributed by atoms with van der Waals surface area (Å²) < 4.78 is 0. The first kappa shape index (κ1) is 11.7. The third-order valence-electron chi connectivity index (χ3n) is 1.38. The van der Waals surface area contributed by atoms with Crippen molar-refractivity contribution in [2.45, 2.75) is 12.8 Å². The molecule has 1 N–H and O–H groups in total. The Morgan fingerprint density at radius 2 is 2.25 bits per heavy atom. The van der Waals surface area contributed by atoms with Gasteiger partial charge in [-0.15, -0.1) is 0 Å². The number of benzene rings is 1. The van der Waals surface area contributed by atoms with E-state index in [1.807, 2.05) is 18.2 Å². The van der Waals surface area contributed by atoms with Crippen molar-refractivity contribution in [1.82, 2.24) is 0 Å². The van der Waals surface area contributed by atoms with Crippen LogP contribution < -0.4 is 29.6 Å². The summed E-state index contributed by atoms with van der Waals surface area (Å²) >= 11 is 0. The van der Waals surface area contributed by atoms with Gasteiger partial charge in [0.05, 0.1) is 0 Å². The summed E-state index contributed by atoms with van der Waals surface area (Å²) in [6, 6.07) is 10.4. The SMILES string of the molecule is O=C(O)CCc1[c-]cccc1.[Na+]. The van der Waals surface area contributed by atoms with Crippen molar-refractivity contribution in [3.63, 3.8) is 0 Å². The molecule has 1 aromatic rings. The van der Waals surface area contributed by atoms with Crippen molar-refractivity contribution in [3.05, 3.63) is 35.9 Å². The number of aryl methyl sites for hydroxylation is 1. The van der Waals surface area contributed by atoms with E-state index in [-0.39, 0.29) is 36.0 Å². The van der Waals surface area contributed by atoms with E-state index in [2.05, 4.69) is 6.07 Å². The van der Waals surface area contributed by atoms with Crippen LogP contribution >= 0.6 is 0 Å². The van der Waals surface area contributed by atoms with Gasteiger partial charge in [-0.3, -0.25) is 4.79 Å². The molecule has 58 valence electrons. The molecule has 0 unspecified atom stereocenters. The van der Waals surface area contributed by atoms with Crippen molar-refractivity contribution < 1.29 is 39.5 Å². The van der Waals surface area contributed by atoms with E-state index in [9.17, 15) is 4.79 Å². The molecule has 0 saturated heterocycles. The van der Waals surface area contributed by atoms with Crippen LogP contribution in [0.25, 0.3) is 0 Å². The van der Waals surface area contributed by atoms with E-state index in [4.69, 9.17) is 5.11 Å². The van der Waals surface area contributed by atoms with Crippen LogP contribution in [0.2, 0.25) is 0 Å². The molecule has 0 amide bonds. The Bertz CT molecular complexity index is 234. The molecule has 12 heavy (non-hydrogen) atoms. The minimum atomic E-state index is -0.762. The summed E-state index contributed by atoms with van der Waals surface area (Å²) in [6.45, 7) is 0. The van der Waals surface area contributed by atoms with Gasteiger partial charge in [-0.2, -0.15) is 35.9 Å². The molecule has 2 nitrogen and oxygen atoms in total. The zero-order valence-electron chi connectivity index (χ0n) is 7.08. The van der Waals surface area contributed by atoms with E-state index >= 15 is 0 Å². The quantitative estimate of drug-likeness (QED) is 0.445. The third-order valence-corrected chi connectivity index (χ3v) is 1.38. The normalized spacial score (nSPS) is 8.67. The van der Waals surface area contributed by atoms with Crippen LogP contribution in [0.5, 0.6) is 0 Å². The minimum Gasteiger partial charge on any atom is -0.481 e. The maximum absolute atomic E-state index is 10.2. The summed E-state index contributed by atoms with van der Waals surface area (Å²) in [5.74, 6) is -0.762. The molecular formula is C9H9NaO2. The molecule has 0 heterocycles. The van der Waals surface area contributed by atoms with Gasteiger partial charge in [-0.25, -0.2) is 0 Å². The fourth-order valence-electron chi connectivity index (χ4n) is 0.828. The van der Waals surface area contributed by atoms with E-state index in [0.29, 0.717) is 6.42 Å². The molecule has 0 aliphatic carbocycles. The second kappa shape index (κ2) is 6.23. The van der Waals surface area contributed by atoms with Crippen molar-refractivity contribution >= 4 is 5.97 Å². The van der Waals surface area contributed by atoms with Crippen LogP contribution in [0.3, 0.4) is 0 Å². The first-order chi connectivity index (χ1) is 5.29. The van der Waals surface area contributed by atoms with Crippen molar-refractivity contribution in [1.29, 1.82) is 0 Å². The first-order valence-corrected chi connectivity index (χ1v) is 3.46. The van der Waals surface area contributed by atoms with Gasteiger partial charge >= 0.3 is 35.5 Å². The Morgan fingerprint density at radius 3 is 2.75 bits per heavy atom. The Labute approximate surface area is 93.9 Å². The molecule has 0 aliphatic rings. The van der Waals surface area contributed by atoms with Crippen LogP contribution in [0, 0.1) is 6.07 Å². The van der Waals surface area contributed by atoms with Gasteiger partial charge < -0.3 is 5.11 Å². The van der Waals surface area contributed by atoms with Crippen LogP contribution in [0.15, 0.2) is 24.3 Å². The van der Waals surface area contributed by atoms with E-state index < -0.39 is 5.97 Å². The van der Waals surface area contributed by atoms with E-state index in [0.717, 1.165) is 5.56 Å². The zero-order valence-corrected chi connectivity index (χ0v) is 9.08. The molecule has 0 spiro atoms. The molecule has 0 aromatic heterocycles. The maximum atomic E-state index is 10.2. The van der Waals surface area contributed by atoms with Gasteiger partial charge in [0, 0.05) is 6.42 Å². The molecule has 0 aliphatic heterocycles. The van der Waals surface area contributed by atoms with Crippen molar-refractivity contribution in [3.8, 4) is 0 Å². The molecule has 0 radical (unpaired) electrons. The van der Waals surface area contributed by atoms with Crippen LogP contribution in [0.1, 0.15) is 12.0 Å². The van der Waals surface area contributed by atoms with Gasteiger partial charge in [0.25, 0.3) is 0 Å². The number of carboxylic acid groups (broad SMARTS) is 1. The predicted octanol–water partition coefficient (Wildman–Crippen LogP) is -1.49. The summed E-state index contributed by atoms with van der Waals surface area (Å²) in [6.07, 6.45) is 0.747. The Balaban J connectivity index is 0.00000121. The van der Waals surface area contributed by atoms with Crippen LogP contribution in [-0.2, 0) is 11.2 Å². The van der Waals surface area contributed by atoms with Crippen LogP contribution in [-0.4, -0.2) is 11.1 Å². The second-order valence-electron chi connectivity index (χ2n) is 2.28. The average Bonchev–Trinajstić information content (AvgIpc) is 2.03. The molecular weight excluding hydrogens is 163 g/mol. The number of hydrogen-bond donors (Lipinski definition) is 1. The van der Waals surface area contributed by atoms with Gasteiger partial charge in [0.15, 0.2) is 0 Å². The number of carbonyl (C=O) groups is 1. The van der Waals surface area contributed by atoms with E-state index in [1.54, 1.807) is 6.07 Å². The maximum Gasteiger partial charge on any atom is 1.00 e.